The van der Waals surface area contributed by atoms with E-state index in [1.165, 1.54) is 0 Å². The molecule has 8 heteroatoms. The molecule has 6 atom stereocenters. The number of rotatable bonds is 8. The van der Waals surface area contributed by atoms with E-state index in [2.05, 4.69) is 0 Å². The minimum atomic E-state index is -1.40. The average molecular weight is 337 g/mol. The molecule has 1 heterocycles. The molecule has 5 N–H and O–H groups in total. The van der Waals surface area contributed by atoms with Crippen LogP contribution in [0.4, 0.5) is 0 Å². The summed E-state index contributed by atoms with van der Waals surface area (Å²) in [7, 11) is -1.40. The Morgan fingerprint density at radius 3 is 2.64 bits per heavy atom. The summed E-state index contributed by atoms with van der Waals surface area (Å²) in [6.07, 6.45) is 1.43. The molecular weight excluding hydrogens is 310 g/mol. The molecule has 22 heavy (non-hydrogen) atoms. The highest BCUT2D eigenvalue weighted by atomic mass is 32.2. The van der Waals surface area contributed by atoms with E-state index in [-0.39, 0.29) is 36.2 Å². The van der Waals surface area contributed by atoms with Crippen LogP contribution in [0.3, 0.4) is 0 Å². The van der Waals surface area contributed by atoms with Crippen molar-refractivity contribution in [1.82, 2.24) is 0 Å². The molecule has 130 valence electrons. The summed E-state index contributed by atoms with van der Waals surface area (Å²) in [6.45, 7) is 3.41. The number of hydrogen-bond donors (Lipinski definition) is 4. The van der Waals surface area contributed by atoms with E-state index in [1.54, 1.807) is 6.92 Å². The second-order valence-corrected chi connectivity index (χ2v) is 7.84. The Hall–Kier alpha value is -0.540. The van der Waals surface area contributed by atoms with Crippen LogP contribution < -0.4 is 5.73 Å². The van der Waals surface area contributed by atoms with Crippen LogP contribution in [0, 0.1) is 5.92 Å². The molecule has 0 aromatic heterocycles. The molecule has 0 radical (unpaired) electrons. The van der Waals surface area contributed by atoms with Crippen molar-refractivity contribution in [2.24, 2.45) is 11.7 Å². The fraction of sp³-hybridized carbons (Fsp3) is 0.929. The summed E-state index contributed by atoms with van der Waals surface area (Å²) in [6, 6.07) is -1.15. The Labute approximate surface area is 133 Å². The van der Waals surface area contributed by atoms with Crippen molar-refractivity contribution < 1.29 is 29.1 Å². The van der Waals surface area contributed by atoms with Gasteiger partial charge >= 0.3 is 5.97 Å². The molecule has 0 amide bonds. The van der Waals surface area contributed by atoms with Crippen molar-refractivity contribution in [3.05, 3.63) is 0 Å². The van der Waals surface area contributed by atoms with Gasteiger partial charge in [0.2, 0.25) is 0 Å². The summed E-state index contributed by atoms with van der Waals surface area (Å²) < 4.78 is 17.7. The number of hydrogen-bond acceptors (Lipinski definition) is 6. The van der Waals surface area contributed by atoms with E-state index in [9.17, 15) is 19.2 Å². The fourth-order valence-corrected chi connectivity index (χ4v) is 3.95. The van der Waals surface area contributed by atoms with Gasteiger partial charge in [0.05, 0.1) is 17.8 Å². The van der Waals surface area contributed by atoms with Crippen molar-refractivity contribution in [3.8, 4) is 0 Å². The lowest BCUT2D eigenvalue weighted by atomic mass is 9.87. The number of ether oxygens (including phenoxy) is 1. The SMILES string of the molecule is CC1OC(CC(CO)CS(=O)C[C@H](N)C(=O)O)CCC1(C)O. The zero-order valence-electron chi connectivity index (χ0n) is 13.1. The maximum Gasteiger partial charge on any atom is 0.321 e. The molecule has 1 fully saturated rings. The molecular formula is C14H27NO6S. The number of carboxylic acid groups (broad SMARTS) is 1. The largest absolute Gasteiger partial charge is 0.480 e. The summed E-state index contributed by atoms with van der Waals surface area (Å²) in [5, 5.41) is 28.2. The first-order valence-electron chi connectivity index (χ1n) is 7.47. The van der Waals surface area contributed by atoms with Gasteiger partial charge in [0.1, 0.15) is 6.04 Å². The molecule has 7 nitrogen and oxygen atoms in total. The number of carboxylic acids is 1. The van der Waals surface area contributed by atoms with Gasteiger partial charge in [-0.15, -0.1) is 0 Å². The molecule has 1 aliphatic rings. The minimum Gasteiger partial charge on any atom is -0.480 e. The lowest BCUT2D eigenvalue weighted by Gasteiger charge is -2.40. The molecule has 0 bridgehead atoms. The van der Waals surface area contributed by atoms with Gasteiger partial charge in [0.15, 0.2) is 0 Å². The highest BCUT2D eigenvalue weighted by Crippen LogP contribution is 2.31. The van der Waals surface area contributed by atoms with Crippen LogP contribution in [-0.2, 0) is 20.3 Å². The van der Waals surface area contributed by atoms with Crippen molar-refractivity contribution in [3.63, 3.8) is 0 Å². The number of nitrogens with two attached hydrogens (primary N) is 1. The number of aliphatic hydroxyl groups is 2. The second-order valence-electron chi connectivity index (χ2n) is 6.30. The van der Waals surface area contributed by atoms with Crippen molar-refractivity contribution in [2.75, 3.05) is 18.1 Å². The van der Waals surface area contributed by atoms with Gasteiger partial charge in [-0.25, -0.2) is 0 Å². The zero-order valence-corrected chi connectivity index (χ0v) is 13.9. The molecule has 1 saturated heterocycles. The Kier molecular flexibility index (Phi) is 7.40. The molecule has 1 aliphatic heterocycles. The number of aliphatic carboxylic acids is 1. The second kappa shape index (κ2) is 8.35. The van der Waals surface area contributed by atoms with Gasteiger partial charge in [-0.05, 0) is 39.0 Å². The van der Waals surface area contributed by atoms with Crippen molar-refractivity contribution in [1.29, 1.82) is 0 Å². The summed E-state index contributed by atoms with van der Waals surface area (Å²) in [5.74, 6) is -1.34. The maximum absolute atomic E-state index is 11.9. The third kappa shape index (κ3) is 5.92. The van der Waals surface area contributed by atoms with Gasteiger partial charge in [-0.3, -0.25) is 9.00 Å². The van der Waals surface area contributed by atoms with Crippen LogP contribution in [0.25, 0.3) is 0 Å². The Morgan fingerprint density at radius 1 is 1.50 bits per heavy atom. The van der Waals surface area contributed by atoms with Crippen LogP contribution in [-0.4, -0.2) is 67.5 Å². The lowest BCUT2D eigenvalue weighted by molar-refractivity contribution is -0.163. The van der Waals surface area contributed by atoms with E-state index < -0.39 is 28.4 Å². The molecule has 5 unspecified atom stereocenters. The first-order chi connectivity index (χ1) is 10.2. The Balaban J connectivity index is 2.45. The average Bonchev–Trinajstić information content (AvgIpc) is 2.42. The normalized spacial score (nSPS) is 33.1. The van der Waals surface area contributed by atoms with Gasteiger partial charge < -0.3 is 25.8 Å². The number of carbonyl (C=O) groups is 1. The van der Waals surface area contributed by atoms with Gasteiger partial charge in [-0.2, -0.15) is 0 Å². The standard InChI is InChI=1S/C14H27NO6S/c1-9-14(2,19)4-3-11(21-9)5-10(6-16)7-22(20)8-12(15)13(17)18/h9-12,16,19H,3-8,15H2,1-2H3,(H,17,18)/t9?,10?,11?,12-,14?,22?/m0/s1. The van der Waals surface area contributed by atoms with Crippen LogP contribution in [0.2, 0.25) is 0 Å². The summed E-state index contributed by atoms with van der Waals surface area (Å²) >= 11 is 0. The van der Waals surface area contributed by atoms with Crippen LogP contribution in [0.5, 0.6) is 0 Å². The molecule has 0 aliphatic carbocycles. The highest BCUT2D eigenvalue weighted by molar-refractivity contribution is 7.85. The van der Waals surface area contributed by atoms with E-state index >= 15 is 0 Å². The quantitative estimate of drug-likeness (QED) is 0.468. The highest BCUT2D eigenvalue weighted by Gasteiger charge is 2.37. The van der Waals surface area contributed by atoms with E-state index in [0.717, 1.165) is 0 Å². The predicted molar refractivity (Wildman–Crippen MR) is 82.9 cm³/mol. The third-order valence-electron chi connectivity index (χ3n) is 4.20. The smallest absolute Gasteiger partial charge is 0.321 e. The van der Waals surface area contributed by atoms with Crippen LogP contribution in [0.1, 0.15) is 33.1 Å². The first-order valence-corrected chi connectivity index (χ1v) is 8.96. The molecule has 0 spiro atoms. The zero-order chi connectivity index (χ0) is 16.9. The molecule has 0 aromatic rings. The minimum absolute atomic E-state index is 0.0995. The Bertz CT molecular complexity index is 403. The third-order valence-corrected chi connectivity index (χ3v) is 5.78. The van der Waals surface area contributed by atoms with Crippen molar-refractivity contribution in [2.45, 2.75) is 57.0 Å². The predicted octanol–water partition coefficient (Wildman–Crippen LogP) is -0.536. The summed E-state index contributed by atoms with van der Waals surface area (Å²) in [5.41, 5.74) is 4.51. The molecule has 1 rings (SSSR count). The van der Waals surface area contributed by atoms with Crippen molar-refractivity contribution >= 4 is 16.8 Å². The van der Waals surface area contributed by atoms with E-state index in [1.807, 2.05) is 6.92 Å². The van der Waals surface area contributed by atoms with Crippen LogP contribution >= 0.6 is 0 Å². The van der Waals surface area contributed by atoms with E-state index in [4.69, 9.17) is 15.6 Å². The topological polar surface area (TPSA) is 130 Å². The molecule has 0 aromatic carbocycles. The fourth-order valence-electron chi connectivity index (χ4n) is 2.50. The van der Waals surface area contributed by atoms with Gasteiger partial charge in [0, 0.05) is 28.9 Å². The first kappa shape index (κ1) is 19.5. The van der Waals surface area contributed by atoms with Crippen LogP contribution in [0.15, 0.2) is 0 Å². The van der Waals surface area contributed by atoms with Gasteiger partial charge in [-0.1, -0.05) is 0 Å². The Morgan fingerprint density at radius 2 is 2.14 bits per heavy atom. The molecule has 0 saturated carbocycles. The van der Waals surface area contributed by atoms with E-state index in [0.29, 0.717) is 19.3 Å². The monoisotopic (exact) mass is 337 g/mol. The van der Waals surface area contributed by atoms with Gasteiger partial charge in [0.25, 0.3) is 0 Å². The number of aliphatic hydroxyl groups excluding tert-OH is 1. The maximum atomic E-state index is 11.9. The lowest BCUT2D eigenvalue weighted by Crippen LogP contribution is -2.47. The summed E-state index contributed by atoms with van der Waals surface area (Å²) in [4.78, 5) is 10.7.